The molecule has 4 aromatic rings. The molecular weight excluding hydrogens is 388 g/mol. The second kappa shape index (κ2) is 8.66. The van der Waals surface area contributed by atoms with Crippen LogP contribution in [0.4, 0.5) is 16.2 Å². The first-order chi connectivity index (χ1) is 14.2. The van der Waals surface area contributed by atoms with Gasteiger partial charge in [-0.25, -0.2) is 9.78 Å². The Hall–Kier alpha value is -3.52. The quantitative estimate of drug-likeness (QED) is 0.412. The number of thiophene rings is 1. The highest BCUT2D eigenvalue weighted by atomic mass is 32.1. The number of methoxy groups -OCH3 is 1. The molecule has 29 heavy (non-hydrogen) atoms. The molecule has 1 amide bonds. The van der Waals surface area contributed by atoms with Gasteiger partial charge < -0.3 is 25.1 Å². The lowest BCUT2D eigenvalue weighted by molar-refractivity contribution is 0.202. The number of H-pyrrole nitrogens is 1. The van der Waals surface area contributed by atoms with Crippen LogP contribution in [-0.4, -0.2) is 29.7 Å². The van der Waals surface area contributed by atoms with Crippen LogP contribution < -0.4 is 20.1 Å². The molecule has 0 atom stereocenters. The molecule has 7 nitrogen and oxygen atoms in total. The van der Waals surface area contributed by atoms with Gasteiger partial charge >= 0.3 is 6.09 Å². The van der Waals surface area contributed by atoms with Crippen LogP contribution in [0.1, 0.15) is 5.56 Å². The van der Waals surface area contributed by atoms with Crippen LogP contribution in [0.15, 0.2) is 60.2 Å². The molecule has 0 radical (unpaired) electrons. The molecule has 0 saturated heterocycles. The number of carbonyl (C=O) groups is 1. The summed E-state index contributed by atoms with van der Waals surface area (Å²) in [6, 6.07) is 13.5. The van der Waals surface area contributed by atoms with E-state index in [1.54, 1.807) is 13.3 Å². The van der Waals surface area contributed by atoms with Crippen LogP contribution in [-0.2, 0) is 6.42 Å². The van der Waals surface area contributed by atoms with E-state index in [0.717, 1.165) is 33.7 Å². The number of carbonyl (C=O) groups excluding carboxylic acids is 1. The van der Waals surface area contributed by atoms with Crippen molar-refractivity contribution in [3.05, 3.63) is 65.8 Å². The van der Waals surface area contributed by atoms with E-state index in [1.165, 1.54) is 11.3 Å². The molecule has 3 aromatic heterocycles. The second-order valence-electron chi connectivity index (χ2n) is 6.26. The lowest BCUT2D eigenvalue weighted by atomic mass is 10.1. The molecule has 1 aromatic carbocycles. The summed E-state index contributed by atoms with van der Waals surface area (Å²) >= 11 is 1.36. The Balaban J connectivity index is 1.33. The summed E-state index contributed by atoms with van der Waals surface area (Å²) in [6.07, 6.45) is 3.78. The predicted molar refractivity (Wildman–Crippen MR) is 114 cm³/mol. The standard InChI is InChI=1S/C21H20N4O3S/c1-27-15-4-2-14(3-5-15)6-10-24-21(26)28-20-18(9-13-29-20)25-17-8-12-23-19-16(17)7-11-22-19/h2-5,7-9,11-13H,6,10H2,1H3,(H,24,26)(H2,22,23,25). The maximum atomic E-state index is 12.2. The number of hydrogen-bond acceptors (Lipinski definition) is 6. The van der Waals surface area contributed by atoms with Crippen molar-refractivity contribution in [2.24, 2.45) is 0 Å². The molecule has 0 spiro atoms. The third kappa shape index (κ3) is 4.49. The van der Waals surface area contributed by atoms with Crippen molar-refractivity contribution in [3.63, 3.8) is 0 Å². The summed E-state index contributed by atoms with van der Waals surface area (Å²) in [5, 5.41) is 9.45. The van der Waals surface area contributed by atoms with Gasteiger partial charge in [0, 0.05) is 24.3 Å². The van der Waals surface area contributed by atoms with Gasteiger partial charge in [-0.3, -0.25) is 0 Å². The van der Waals surface area contributed by atoms with Crippen LogP contribution >= 0.6 is 11.3 Å². The van der Waals surface area contributed by atoms with Gasteiger partial charge in [-0.15, -0.1) is 11.3 Å². The zero-order chi connectivity index (χ0) is 20.1. The fourth-order valence-corrected chi connectivity index (χ4v) is 3.60. The molecule has 8 heteroatoms. The minimum absolute atomic E-state index is 0.480. The first-order valence-corrected chi connectivity index (χ1v) is 9.96. The fourth-order valence-electron chi connectivity index (χ4n) is 2.90. The van der Waals surface area contributed by atoms with Crippen molar-refractivity contribution in [3.8, 4) is 10.8 Å². The van der Waals surface area contributed by atoms with Gasteiger partial charge in [0.2, 0.25) is 5.06 Å². The second-order valence-corrected chi connectivity index (χ2v) is 7.14. The van der Waals surface area contributed by atoms with Crippen molar-refractivity contribution >= 4 is 39.8 Å². The summed E-state index contributed by atoms with van der Waals surface area (Å²) < 4.78 is 10.6. The number of nitrogens with one attached hydrogen (secondary N) is 3. The maximum absolute atomic E-state index is 12.2. The summed E-state index contributed by atoms with van der Waals surface area (Å²) in [6.45, 7) is 0.480. The van der Waals surface area contributed by atoms with Crippen molar-refractivity contribution in [2.45, 2.75) is 6.42 Å². The van der Waals surface area contributed by atoms with Gasteiger partial charge in [0.1, 0.15) is 11.4 Å². The predicted octanol–water partition coefficient (Wildman–Crippen LogP) is 4.71. The number of amides is 1. The number of pyridine rings is 1. The number of hydrogen-bond donors (Lipinski definition) is 3. The van der Waals surface area contributed by atoms with E-state index in [2.05, 4.69) is 20.6 Å². The highest BCUT2D eigenvalue weighted by Gasteiger charge is 2.12. The smallest absolute Gasteiger partial charge is 0.413 e. The van der Waals surface area contributed by atoms with E-state index in [1.807, 2.05) is 54.0 Å². The Bertz CT molecular complexity index is 1100. The van der Waals surface area contributed by atoms with Crippen LogP contribution in [0.2, 0.25) is 0 Å². The SMILES string of the molecule is COc1ccc(CCNC(=O)Oc2sccc2Nc2ccnc3[nH]ccc23)cc1. The third-order valence-corrected chi connectivity index (χ3v) is 5.18. The molecule has 148 valence electrons. The van der Waals surface area contributed by atoms with E-state index in [-0.39, 0.29) is 0 Å². The molecule has 0 bridgehead atoms. The van der Waals surface area contributed by atoms with Crippen molar-refractivity contribution in [1.29, 1.82) is 0 Å². The van der Waals surface area contributed by atoms with E-state index in [9.17, 15) is 4.79 Å². The van der Waals surface area contributed by atoms with E-state index in [0.29, 0.717) is 18.0 Å². The normalized spacial score (nSPS) is 10.7. The molecule has 4 rings (SSSR count). The Kier molecular flexibility index (Phi) is 5.62. The topological polar surface area (TPSA) is 88.3 Å². The van der Waals surface area contributed by atoms with Gasteiger partial charge in [0.05, 0.1) is 18.5 Å². The first-order valence-electron chi connectivity index (χ1n) is 9.08. The number of nitrogens with zero attached hydrogens (tertiary/aromatic N) is 1. The summed E-state index contributed by atoms with van der Waals surface area (Å²) in [5.74, 6) is 0.810. The number of benzene rings is 1. The monoisotopic (exact) mass is 408 g/mol. The Morgan fingerprint density at radius 3 is 2.83 bits per heavy atom. The van der Waals surface area contributed by atoms with E-state index in [4.69, 9.17) is 9.47 Å². The first kappa shape index (κ1) is 18.8. The van der Waals surface area contributed by atoms with Crippen LogP contribution in [0.5, 0.6) is 10.8 Å². The zero-order valence-electron chi connectivity index (χ0n) is 15.8. The Morgan fingerprint density at radius 2 is 2.00 bits per heavy atom. The van der Waals surface area contributed by atoms with Gasteiger partial charge in [0.25, 0.3) is 0 Å². The summed E-state index contributed by atoms with van der Waals surface area (Å²) in [5.41, 5.74) is 3.52. The number of ether oxygens (including phenoxy) is 2. The zero-order valence-corrected chi connectivity index (χ0v) is 16.6. The Morgan fingerprint density at radius 1 is 1.14 bits per heavy atom. The van der Waals surface area contributed by atoms with Gasteiger partial charge in [-0.1, -0.05) is 12.1 Å². The third-order valence-electron chi connectivity index (χ3n) is 4.39. The molecular formula is C21H20N4O3S. The van der Waals surface area contributed by atoms with Crippen molar-refractivity contribution in [1.82, 2.24) is 15.3 Å². The molecule has 0 aliphatic heterocycles. The van der Waals surface area contributed by atoms with E-state index < -0.39 is 6.09 Å². The maximum Gasteiger partial charge on any atom is 0.413 e. The lowest BCUT2D eigenvalue weighted by Crippen LogP contribution is -2.28. The number of fused-ring (bicyclic) bond motifs is 1. The average molecular weight is 408 g/mol. The Labute approximate surface area is 171 Å². The molecule has 3 heterocycles. The van der Waals surface area contributed by atoms with Crippen LogP contribution in [0.3, 0.4) is 0 Å². The van der Waals surface area contributed by atoms with Crippen molar-refractivity contribution in [2.75, 3.05) is 19.0 Å². The fraction of sp³-hybridized carbons (Fsp3) is 0.143. The van der Waals surface area contributed by atoms with Gasteiger partial charge in [-0.05, 0) is 47.7 Å². The summed E-state index contributed by atoms with van der Waals surface area (Å²) in [4.78, 5) is 19.5. The number of aromatic amines is 1. The lowest BCUT2D eigenvalue weighted by Gasteiger charge is -2.10. The van der Waals surface area contributed by atoms with Crippen LogP contribution in [0.25, 0.3) is 11.0 Å². The molecule has 0 aliphatic rings. The van der Waals surface area contributed by atoms with Gasteiger partial charge in [0.15, 0.2) is 0 Å². The largest absolute Gasteiger partial charge is 0.497 e. The molecule has 0 fully saturated rings. The van der Waals surface area contributed by atoms with Gasteiger partial charge in [-0.2, -0.15) is 0 Å². The molecule has 0 saturated carbocycles. The molecule has 3 N–H and O–H groups in total. The number of anilines is 2. The summed E-state index contributed by atoms with van der Waals surface area (Å²) in [7, 11) is 1.63. The highest BCUT2D eigenvalue weighted by molar-refractivity contribution is 7.12. The number of rotatable bonds is 7. The van der Waals surface area contributed by atoms with Crippen LogP contribution in [0, 0.1) is 0 Å². The molecule has 0 unspecified atom stereocenters. The molecule has 0 aliphatic carbocycles. The van der Waals surface area contributed by atoms with Crippen molar-refractivity contribution < 1.29 is 14.3 Å². The number of aromatic nitrogens is 2. The average Bonchev–Trinajstić information content (AvgIpc) is 3.39. The van der Waals surface area contributed by atoms with E-state index >= 15 is 0 Å². The minimum atomic E-state index is -0.481. The minimum Gasteiger partial charge on any atom is -0.497 e. The highest BCUT2D eigenvalue weighted by Crippen LogP contribution is 2.35.